The van der Waals surface area contributed by atoms with Crippen LogP contribution in [0.2, 0.25) is 0 Å². The number of hydrogen-bond donors (Lipinski definition) is 0. The van der Waals surface area contributed by atoms with Crippen LogP contribution in [0.3, 0.4) is 0 Å². The summed E-state index contributed by atoms with van der Waals surface area (Å²) in [5.74, 6) is -1.91. The summed E-state index contributed by atoms with van der Waals surface area (Å²) in [6.07, 6.45) is 0.289. The Kier molecular flexibility index (Phi) is 7.62. The molecule has 0 fully saturated rings. The number of ether oxygens (including phenoxy) is 3. The average molecular weight is 244 g/mol. The third-order valence-corrected chi connectivity index (χ3v) is 1.60. The predicted octanol–water partition coefficient (Wildman–Crippen LogP) is 0.602. The van der Waals surface area contributed by atoms with Gasteiger partial charge in [-0.25, -0.2) is 9.59 Å². The van der Waals surface area contributed by atoms with Gasteiger partial charge in [0, 0.05) is 19.1 Å². The molecule has 0 saturated heterocycles. The topological polar surface area (TPSA) is 78.9 Å². The first-order valence-electron chi connectivity index (χ1n) is 5.02. The zero-order valence-corrected chi connectivity index (χ0v) is 9.99. The van der Waals surface area contributed by atoms with Gasteiger partial charge in [0.15, 0.2) is 0 Å². The molecule has 0 aliphatic carbocycles. The van der Waals surface area contributed by atoms with Gasteiger partial charge in [-0.15, -0.1) is 0 Å². The minimum atomic E-state index is -0.739. The zero-order chi connectivity index (χ0) is 13.3. The van der Waals surface area contributed by atoms with Crippen molar-refractivity contribution in [3.8, 4) is 0 Å². The molecule has 0 aliphatic rings. The van der Waals surface area contributed by atoms with Crippen molar-refractivity contribution in [1.29, 1.82) is 0 Å². The molecule has 0 aromatic heterocycles. The van der Waals surface area contributed by atoms with Gasteiger partial charge < -0.3 is 14.2 Å². The van der Waals surface area contributed by atoms with Crippen molar-refractivity contribution in [3.05, 3.63) is 12.2 Å². The average Bonchev–Trinajstić information content (AvgIpc) is 2.24. The van der Waals surface area contributed by atoms with Crippen molar-refractivity contribution >= 4 is 17.9 Å². The molecule has 96 valence electrons. The maximum absolute atomic E-state index is 11.1. The summed E-state index contributed by atoms with van der Waals surface area (Å²) in [7, 11) is 1.32. The number of hydrogen-bond acceptors (Lipinski definition) is 6. The Hall–Kier alpha value is -1.69. The van der Waals surface area contributed by atoms with E-state index in [1.165, 1.54) is 14.0 Å². The second-order valence-electron chi connectivity index (χ2n) is 3.30. The van der Waals surface area contributed by atoms with Crippen molar-refractivity contribution in [1.82, 2.24) is 0 Å². The predicted molar refractivity (Wildman–Crippen MR) is 58.0 cm³/mol. The number of carbonyl (C=O) groups excluding carboxylic acids is 3. The Bertz CT molecular complexity index is 307. The van der Waals surface area contributed by atoms with E-state index in [2.05, 4.69) is 16.1 Å². The summed E-state index contributed by atoms with van der Waals surface area (Å²) in [6.45, 7) is 4.75. The van der Waals surface area contributed by atoms with Crippen molar-refractivity contribution in [3.63, 3.8) is 0 Å². The molecule has 0 unspecified atom stereocenters. The quantitative estimate of drug-likeness (QED) is 0.282. The Morgan fingerprint density at radius 3 is 2.35 bits per heavy atom. The van der Waals surface area contributed by atoms with Crippen LogP contribution in [-0.2, 0) is 28.6 Å². The van der Waals surface area contributed by atoms with E-state index in [-0.39, 0.29) is 26.1 Å². The number of methoxy groups -OCH3 is 1. The van der Waals surface area contributed by atoms with Crippen molar-refractivity contribution < 1.29 is 28.6 Å². The molecule has 0 rings (SSSR count). The largest absolute Gasteiger partial charge is 0.462 e. The molecular weight excluding hydrogens is 228 g/mol. The lowest BCUT2D eigenvalue weighted by molar-refractivity contribution is -0.162. The number of esters is 3. The third kappa shape index (κ3) is 8.15. The summed E-state index contributed by atoms with van der Waals surface area (Å²) in [4.78, 5) is 32.8. The number of rotatable bonds is 7. The molecule has 0 aromatic rings. The highest BCUT2D eigenvalue weighted by molar-refractivity contribution is 5.87. The molecule has 0 N–H and O–H groups in total. The maximum atomic E-state index is 11.1. The molecule has 0 bridgehead atoms. The second kappa shape index (κ2) is 8.46. The molecule has 0 aromatic carbocycles. The minimum Gasteiger partial charge on any atom is -0.462 e. The monoisotopic (exact) mass is 244 g/mol. The van der Waals surface area contributed by atoms with Crippen LogP contribution >= 0.6 is 0 Å². The lowest BCUT2D eigenvalue weighted by Crippen LogP contribution is -2.17. The standard InChI is InChI=1S/C11H16O6/c1-8(2)11(14)16-6-4-5-9(12)17-10(13)7-15-3/h1,4-7H2,2-3H3. The fraction of sp³-hybridized carbons (Fsp3) is 0.545. The molecule has 0 heterocycles. The highest BCUT2D eigenvalue weighted by Crippen LogP contribution is 1.98. The summed E-state index contributed by atoms with van der Waals surface area (Å²) in [5, 5.41) is 0. The smallest absolute Gasteiger partial charge is 0.339 e. The van der Waals surface area contributed by atoms with Gasteiger partial charge in [0.2, 0.25) is 0 Å². The minimum absolute atomic E-state index is 0.00107. The van der Waals surface area contributed by atoms with E-state index in [9.17, 15) is 14.4 Å². The van der Waals surface area contributed by atoms with Crippen LogP contribution in [0.4, 0.5) is 0 Å². The summed E-state index contributed by atoms with van der Waals surface area (Å²) in [5.41, 5.74) is 0.294. The Morgan fingerprint density at radius 1 is 1.18 bits per heavy atom. The van der Waals surface area contributed by atoms with E-state index in [0.29, 0.717) is 5.57 Å². The molecule has 6 heteroatoms. The first kappa shape index (κ1) is 15.3. The zero-order valence-electron chi connectivity index (χ0n) is 9.99. The third-order valence-electron chi connectivity index (χ3n) is 1.60. The number of carbonyl (C=O) groups is 3. The first-order valence-corrected chi connectivity index (χ1v) is 5.02. The van der Waals surface area contributed by atoms with Crippen LogP contribution in [0.5, 0.6) is 0 Å². The van der Waals surface area contributed by atoms with Gasteiger partial charge in [0.1, 0.15) is 6.61 Å². The van der Waals surface area contributed by atoms with Crippen LogP contribution in [0.25, 0.3) is 0 Å². The fourth-order valence-electron chi connectivity index (χ4n) is 0.830. The van der Waals surface area contributed by atoms with E-state index in [4.69, 9.17) is 4.74 Å². The Morgan fingerprint density at radius 2 is 1.82 bits per heavy atom. The Labute approximate surface area is 99.5 Å². The highest BCUT2D eigenvalue weighted by atomic mass is 16.6. The first-order chi connectivity index (χ1) is 7.97. The summed E-state index contributed by atoms with van der Waals surface area (Å²) >= 11 is 0. The maximum Gasteiger partial charge on any atom is 0.339 e. The van der Waals surface area contributed by atoms with E-state index < -0.39 is 17.9 Å². The second-order valence-corrected chi connectivity index (χ2v) is 3.30. The van der Waals surface area contributed by atoms with Crippen LogP contribution < -0.4 is 0 Å². The van der Waals surface area contributed by atoms with E-state index in [1.807, 2.05) is 0 Å². The van der Waals surface area contributed by atoms with Gasteiger partial charge >= 0.3 is 17.9 Å². The Balaban J connectivity index is 3.62. The molecule has 0 spiro atoms. The molecular formula is C11H16O6. The lowest BCUT2D eigenvalue weighted by Gasteiger charge is -2.04. The van der Waals surface area contributed by atoms with Crippen LogP contribution in [0.15, 0.2) is 12.2 Å². The van der Waals surface area contributed by atoms with Gasteiger partial charge in [0.25, 0.3) is 0 Å². The van der Waals surface area contributed by atoms with Gasteiger partial charge in [-0.2, -0.15) is 0 Å². The van der Waals surface area contributed by atoms with Crippen molar-refractivity contribution in [2.24, 2.45) is 0 Å². The fourth-order valence-corrected chi connectivity index (χ4v) is 0.830. The van der Waals surface area contributed by atoms with Gasteiger partial charge in [-0.3, -0.25) is 4.79 Å². The normalized spacial score (nSPS) is 9.53. The van der Waals surface area contributed by atoms with Crippen LogP contribution in [0, 0.1) is 0 Å². The van der Waals surface area contributed by atoms with Crippen molar-refractivity contribution in [2.75, 3.05) is 20.3 Å². The lowest BCUT2D eigenvalue weighted by atomic mass is 10.3. The van der Waals surface area contributed by atoms with E-state index >= 15 is 0 Å². The van der Waals surface area contributed by atoms with Gasteiger partial charge in [-0.1, -0.05) is 6.58 Å². The van der Waals surface area contributed by atoms with E-state index in [1.54, 1.807) is 0 Å². The summed E-state index contributed by atoms with van der Waals surface area (Å²) < 4.78 is 13.6. The van der Waals surface area contributed by atoms with Crippen LogP contribution in [0.1, 0.15) is 19.8 Å². The molecule has 0 aliphatic heterocycles. The molecule has 0 radical (unpaired) electrons. The van der Waals surface area contributed by atoms with Gasteiger partial charge in [0.05, 0.1) is 6.61 Å². The van der Waals surface area contributed by atoms with Crippen LogP contribution in [-0.4, -0.2) is 38.2 Å². The van der Waals surface area contributed by atoms with Crippen molar-refractivity contribution in [2.45, 2.75) is 19.8 Å². The molecule has 0 atom stereocenters. The van der Waals surface area contributed by atoms with E-state index in [0.717, 1.165) is 0 Å². The molecule has 0 amide bonds. The molecule has 6 nitrogen and oxygen atoms in total. The SMILES string of the molecule is C=C(C)C(=O)OCCCC(=O)OC(=O)COC. The molecule has 0 saturated carbocycles. The molecule has 17 heavy (non-hydrogen) atoms. The van der Waals surface area contributed by atoms with Gasteiger partial charge in [-0.05, 0) is 13.3 Å². The highest BCUT2D eigenvalue weighted by Gasteiger charge is 2.10. The summed E-state index contributed by atoms with van der Waals surface area (Å²) in [6, 6.07) is 0.